The van der Waals surface area contributed by atoms with E-state index >= 15 is 0 Å². The lowest BCUT2D eigenvalue weighted by molar-refractivity contribution is -0.127. The molecule has 1 aliphatic rings. The van der Waals surface area contributed by atoms with E-state index in [1.54, 1.807) is 19.1 Å². The van der Waals surface area contributed by atoms with Gasteiger partial charge in [0.1, 0.15) is 5.75 Å². The molecule has 0 fully saturated rings. The Morgan fingerprint density at radius 1 is 1.15 bits per heavy atom. The van der Waals surface area contributed by atoms with E-state index in [2.05, 4.69) is 16.2 Å². The molecule has 136 valence electrons. The second-order valence-electron chi connectivity index (χ2n) is 5.56. The molecule has 0 saturated heterocycles. The van der Waals surface area contributed by atoms with E-state index in [9.17, 15) is 4.79 Å². The predicted octanol–water partition coefficient (Wildman–Crippen LogP) is 1.88. The van der Waals surface area contributed by atoms with Gasteiger partial charge in [0.25, 0.3) is 5.91 Å². The number of hydrogen-bond donors (Lipinski definition) is 3. The van der Waals surface area contributed by atoms with Crippen LogP contribution in [0.2, 0.25) is 0 Å². The third-order valence-corrected chi connectivity index (χ3v) is 3.86. The molecule has 0 aromatic heterocycles. The van der Waals surface area contributed by atoms with Crippen molar-refractivity contribution in [2.75, 3.05) is 6.79 Å². The van der Waals surface area contributed by atoms with E-state index in [-0.39, 0.29) is 12.7 Å². The average Bonchev–Trinajstić information content (AvgIpc) is 3.13. The zero-order valence-corrected chi connectivity index (χ0v) is 15.0. The van der Waals surface area contributed by atoms with Crippen molar-refractivity contribution < 1.29 is 19.0 Å². The van der Waals surface area contributed by atoms with Crippen LogP contribution in [0.4, 0.5) is 0 Å². The molecule has 0 aliphatic carbocycles. The lowest BCUT2D eigenvalue weighted by atomic mass is 10.2. The summed E-state index contributed by atoms with van der Waals surface area (Å²) in [5.74, 6) is 1.73. The van der Waals surface area contributed by atoms with Gasteiger partial charge in [-0.1, -0.05) is 24.3 Å². The number of para-hydroxylation sites is 1. The summed E-state index contributed by atoms with van der Waals surface area (Å²) in [6.45, 7) is 2.38. The SMILES string of the molecule is CC(Oc1ccccc1)C(=O)NNC(=S)NCc1ccc2c(c1)OCO2. The van der Waals surface area contributed by atoms with Gasteiger partial charge in [-0.3, -0.25) is 15.6 Å². The second kappa shape index (κ2) is 8.39. The minimum absolute atomic E-state index is 0.238. The van der Waals surface area contributed by atoms with Gasteiger partial charge in [0.2, 0.25) is 6.79 Å². The summed E-state index contributed by atoms with van der Waals surface area (Å²) in [6.07, 6.45) is -0.665. The molecule has 0 saturated carbocycles. The fourth-order valence-electron chi connectivity index (χ4n) is 2.25. The number of nitrogens with one attached hydrogen (secondary N) is 3. The fourth-order valence-corrected chi connectivity index (χ4v) is 2.38. The highest BCUT2D eigenvalue weighted by atomic mass is 32.1. The molecule has 0 radical (unpaired) electrons. The monoisotopic (exact) mass is 373 g/mol. The van der Waals surface area contributed by atoms with Crippen molar-refractivity contribution in [2.24, 2.45) is 0 Å². The summed E-state index contributed by atoms with van der Waals surface area (Å²) in [4.78, 5) is 12.0. The Morgan fingerprint density at radius 3 is 2.73 bits per heavy atom. The number of amides is 1. The molecule has 8 heteroatoms. The standard InChI is InChI=1S/C18H19N3O4S/c1-12(25-14-5-3-2-4-6-14)17(22)20-21-18(26)19-10-13-7-8-15-16(9-13)24-11-23-15/h2-9,12H,10-11H2,1H3,(H,20,22)(H2,19,21,26). The van der Waals surface area contributed by atoms with Crippen molar-refractivity contribution in [1.29, 1.82) is 0 Å². The van der Waals surface area contributed by atoms with Gasteiger partial charge < -0.3 is 19.5 Å². The lowest BCUT2D eigenvalue weighted by Gasteiger charge is -2.16. The van der Waals surface area contributed by atoms with Crippen molar-refractivity contribution in [3.8, 4) is 17.2 Å². The molecule has 26 heavy (non-hydrogen) atoms. The van der Waals surface area contributed by atoms with Crippen molar-refractivity contribution in [2.45, 2.75) is 19.6 Å². The largest absolute Gasteiger partial charge is 0.481 e. The van der Waals surface area contributed by atoms with Gasteiger partial charge in [-0.25, -0.2) is 0 Å². The number of benzene rings is 2. The van der Waals surface area contributed by atoms with E-state index < -0.39 is 6.10 Å². The normalized spacial score (nSPS) is 12.8. The molecule has 2 aromatic rings. The molecule has 1 heterocycles. The van der Waals surface area contributed by atoms with Crippen LogP contribution in [0.3, 0.4) is 0 Å². The number of hydrazine groups is 1. The average molecular weight is 373 g/mol. The van der Waals surface area contributed by atoms with E-state index in [0.717, 1.165) is 11.3 Å². The minimum Gasteiger partial charge on any atom is -0.481 e. The van der Waals surface area contributed by atoms with Crippen LogP contribution >= 0.6 is 12.2 Å². The number of thiocarbonyl (C=S) groups is 1. The van der Waals surface area contributed by atoms with E-state index in [4.69, 9.17) is 26.4 Å². The zero-order chi connectivity index (χ0) is 18.4. The first-order valence-corrected chi connectivity index (χ1v) is 8.46. The summed E-state index contributed by atoms with van der Waals surface area (Å²) < 4.78 is 16.1. The third-order valence-electron chi connectivity index (χ3n) is 3.61. The van der Waals surface area contributed by atoms with Crippen LogP contribution in [0, 0.1) is 0 Å². The molecule has 3 rings (SSSR count). The van der Waals surface area contributed by atoms with Crippen molar-refractivity contribution in [3.05, 3.63) is 54.1 Å². The predicted molar refractivity (Wildman–Crippen MR) is 99.8 cm³/mol. The number of rotatable bonds is 5. The minimum atomic E-state index is -0.665. The maximum Gasteiger partial charge on any atom is 0.279 e. The molecule has 1 atom stereocenters. The van der Waals surface area contributed by atoms with Crippen LogP contribution in [0.15, 0.2) is 48.5 Å². The molecule has 0 bridgehead atoms. The maximum atomic E-state index is 12.0. The first-order valence-electron chi connectivity index (χ1n) is 8.06. The first kappa shape index (κ1) is 17.8. The van der Waals surface area contributed by atoms with Gasteiger partial charge in [-0.05, 0) is 49.0 Å². The van der Waals surface area contributed by atoms with Gasteiger partial charge in [0, 0.05) is 6.54 Å². The number of fused-ring (bicyclic) bond motifs is 1. The Morgan fingerprint density at radius 2 is 1.92 bits per heavy atom. The van der Waals surface area contributed by atoms with E-state index in [0.29, 0.717) is 23.2 Å². The van der Waals surface area contributed by atoms with Gasteiger partial charge in [0.05, 0.1) is 0 Å². The molecule has 0 spiro atoms. The van der Waals surface area contributed by atoms with Gasteiger partial charge >= 0.3 is 0 Å². The summed E-state index contributed by atoms with van der Waals surface area (Å²) in [5.41, 5.74) is 6.15. The summed E-state index contributed by atoms with van der Waals surface area (Å²) in [5, 5.41) is 3.30. The summed E-state index contributed by atoms with van der Waals surface area (Å²) in [7, 11) is 0. The van der Waals surface area contributed by atoms with Crippen LogP contribution in [0.1, 0.15) is 12.5 Å². The Labute approximate surface area is 156 Å². The maximum absolute atomic E-state index is 12.0. The summed E-state index contributed by atoms with van der Waals surface area (Å²) >= 11 is 5.15. The second-order valence-corrected chi connectivity index (χ2v) is 5.97. The molecule has 3 N–H and O–H groups in total. The molecular weight excluding hydrogens is 354 g/mol. The number of ether oxygens (including phenoxy) is 3. The number of hydrogen-bond acceptors (Lipinski definition) is 5. The van der Waals surface area contributed by atoms with Crippen molar-refractivity contribution in [3.63, 3.8) is 0 Å². The molecule has 1 aliphatic heterocycles. The highest BCUT2D eigenvalue weighted by Gasteiger charge is 2.15. The van der Waals surface area contributed by atoms with Crippen LogP contribution in [-0.2, 0) is 11.3 Å². The highest BCUT2D eigenvalue weighted by molar-refractivity contribution is 7.80. The van der Waals surface area contributed by atoms with E-state index in [1.807, 2.05) is 36.4 Å². The Kier molecular flexibility index (Phi) is 5.75. The topological polar surface area (TPSA) is 80.9 Å². The quantitative estimate of drug-likeness (QED) is 0.545. The van der Waals surface area contributed by atoms with Crippen molar-refractivity contribution in [1.82, 2.24) is 16.2 Å². The third kappa shape index (κ3) is 4.76. The highest BCUT2D eigenvalue weighted by Crippen LogP contribution is 2.32. The first-order chi connectivity index (χ1) is 12.6. The zero-order valence-electron chi connectivity index (χ0n) is 14.2. The summed E-state index contributed by atoms with van der Waals surface area (Å²) in [6, 6.07) is 14.8. The molecular formula is C18H19N3O4S. The van der Waals surface area contributed by atoms with Crippen LogP contribution < -0.4 is 30.4 Å². The molecule has 7 nitrogen and oxygen atoms in total. The number of carbonyl (C=O) groups is 1. The smallest absolute Gasteiger partial charge is 0.279 e. The van der Waals surface area contributed by atoms with E-state index in [1.165, 1.54) is 0 Å². The molecule has 2 aromatic carbocycles. The van der Waals surface area contributed by atoms with Crippen LogP contribution in [0.5, 0.6) is 17.2 Å². The van der Waals surface area contributed by atoms with Crippen LogP contribution in [-0.4, -0.2) is 23.9 Å². The lowest BCUT2D eigenvalue weighted by Crippen LogP contribution is -2.50. The Hall–Kier alpha value is -3.00. The number of carbonyl (C=O) groups excluding carboxylic acids is 1. The molecule has 1 unspecified atom stereocenters. The Balaban J connectivity index is 1.40. The van der Waals surface area contributed by atoms with Gasteiger partial charge in [0.15, 0.2) is 22.7 Å². The van der Waals surface area contributed by atoms with Crippen LogP contribution in [0.25, 0.3) is 0 Å². The Bertz CT molecular complexity index is 785. The molecule has 1 amide bonds. The van der Waals surface area contributed by atoms with Gasteiger partial charge in [-0.2, -0.15) is 0 Å². The fraction of sp³-hybridized carbons (Fsp3) is 0.222. The van der Waals surface area contributed by atoms with Gasteiger partial charge in [-0.15, -0.1) is 0 Å². The van der Waals surface area contributed by atoms with Crippen molar-refractivity contribution >= 4 is 23.2 Å².